The third kappa shape index (κ3) is 3.14. The fraction of sp³-hybridized carbons (Fsp3) is 0.800. The first-order valence-electron chi connectivity index (χ1n) is 10.5. The van der Waals surface area contributed by atoms with E-state index in [0.29, 0.717) is 17.8 Å². The highest BCUT2D eigenvalue weighted by Crippen LogP contribution is 2.61. The number of carbonyl (C=O) groups excluding carboxylic acids is 2. The highest BCUT2D eigenvalue weighted by Gasteiger charge is 2.62. The summed E-state index contributed by atoms with van der Waals surface area (Å²) in [6.07, 6.45) is 4.35. The maximum absolute atomic E-state index is 12.6. The van der Waals surface area contributed by atoms with E-state index in [2.05, 4.69) is 15.5 Å². The Morgan fingerprint density at radius 1 is 1.24 bits per heavy atom. The van der Waals surface area contributed by atoms with Crippen LogP contribution in [-0.4, -0.2) is 63.4 Å². The van der Waals surface area contributed by atoms with Gasteiger partial charge in [-0.3, -0.25) is 0 Å². The lowest BCUT2D eigenvalue weighted by Crippen LogP contribution is -2.45. The predicted octanol–water partition coefficient (Wildman–Crippen LogP) is 2.80. The molecule has 3 amide bonds. The van der Waals surface area contributed by atoms with Crippen LogP contribution in [0.5, 0.6) is 0 Å². The molecule has 3 heterocycles. The zero-order chi connectivity index (χ0) is 20.6. The van der Waals surface area contributed by atoms with Gasteiger partial charge in [0.15, 0.2) is 0 Å². The van der Waals surface area contributed by atoms with Gasteiger partial charge in [-0.2, -0.15) is 0 Å². The minimum absolute atomic E-state index is 0.0594. The van der Waals surface area contributed by atoms with Crippen molar-refractivity contribution >= 4 is 12.1 Å². The lowest BCUT2D eigenvalue weighted by Gasteiger charge is -2.35. The van der Waals surface area contributed by atoms with Gasteiger partial charge in [-0.25, -0.2) is 9.59 Å². The SMILES string of the molecule is CN1C(=O)N2C[C@H]1C1(CC1)CC2c1nnc(C2CC(NC(=O)OC(C)(C)C)C2)o1. The number of aromatic nitrogens is 2. The van der Waals surface area contributed by atoms with Gasteiger partial charge < -0.3 is 24.3 Å². The quantitative estimate of drug-likeness (QED) is 0.833. The molecule has 2 bridgehead atoms. The number of piperidine rings is 1. The summed E-state index contributed by atoms with van der Waals surface area (Å²) in [7, 11) is 1.90. The molecule has 29 heavy (non-hydrogen) atoms. The van der Waals surface area contributed by atoms with E-state index in [1.54, 1.807) is 0 Å². The summed E-state index contributed by atoms with van der Waals surface area (Å²) >= 11 is 0. The van der Waals surface area contributed by atoms with Crippen molar-refractivity contribution in [3.05, 3.63) is 11.8 Å². The Labute approximate surface area is 170 Å². The third-order valence-corrected chi connectivity index (χ3v) is 6.91. The number of carbonyl (C=O) groups is 2. The molecular formula is C20H29N5O4. The number of ether oxygens (including phenoxy) is 1. The number of urea groups is 1. The Morgan fingerprint density at radius 3 is 2.59 bits per heavy atom. The van der Waals surface area contributed by atoms with Crippen molar-refractivity contribution in [3.63, 3.8) is 0 Å². The van der Waals surface area contributed by atoms with Crippen LogP contribution in [-0.2, 0) is 4.74 Å². The average Bonchev–Trinajstić information content (AvgIpc) is 3.09. The number of alkyl carbamates (subject to hydrolysis) is 1. The summed E-state index contributed by atoms with van der Waals surface area (Å²) in [6, 6.07) is 0.321. The first-order chi connectivity index (χ1) is 13.7. The van der Waals surface area contributed by atoms with Gasteiger partial charge in [0, 0.05) is 25.6 Å². The highest BCUT2D eigenvalue weighted by molar-refractivity contribution is 5.78. The second-order valence-corrected chi connectivity index (χ2v) is 10.1. The van der Waals surface area contributed by atoms with Crippen molar-refractivity contribution in [1.29, 1.82) is 0 Å². The zero-order valence-corrected chi connectivity index (χ0v) is 17.5. The second-order valence-electron chi connectivity index (χ2n) is 10.1. The Bertz CT molecular complexity index is 836. The summed E-state index contributed by atoms with van der Waals surface area (Å²) in [5.41, 5.74) is -0.275. The van der Waals surface area contributed by atoms with Crippen LogP contribution in [0.2, 0.25) is 0 Å². The molecule has 1 unspecified atom stereocenters. The molecular weight excluding hydrogens is 374 g/mol. The van der Waals surface area contributed by atoms with E-state index in [1.165, 1.54) is 12.8 Å². The monoisotopic (exact) mass is 403 g/mol. The number of likely N-dealkylation sites (N-methyl/N-ethyl adjacent to an activating group) is 1. The van der Waals surface area contributed by atoms with E-state index in [0.717, 1.165) is 25.8 Å². The molecule has 4 fully saturated rings. The Kier molecular flexibility index (Phi) is 3.93. The molecule has 0 radical (unpaired) electrons. The molecule has 1 N–H and O–H groups in total. The molecule has 2 aliphatic heterocycles. The predicted molar refractivity (Wildman–Crippen MR) is 102 cm³/mol. The summed E-state index contributed by atoms with van der Waals surface area (Å²) in [5, 5.41) is 11.5. The van der Waals surface area contributed by atoms with Crippen LogP contribution in [0, 0.1) is 5.41 Å². The topological polar surface area (TPSA) is 101 Å². The van der Waals surface area contributed by atoms with Gasteiger partial charge in [0.05, 0.1) is 6.04 Å². The van der Waals surface area contributed by atoms with Crippen LogP contribution in [0.1, 0.15) is 76.6 Å². The molecule has 5 rings (SSSR count). The standard InChI is InChI=1S/C20H29N5O4/c1-19(2,3)29-17(26)21-12-7-11(8-12)15-22-23-16(28-15)13-9-20(5-6-20)14-10-25(13)18(27)24(14)4/h11-14H,5-10H2,1-4H3,(H,21,26)/t11?,12?,13?,14-/m0/s1. The molecule has 2 saturated heterocycles. The average molecular weight is 403 g/mol. The van der Waals surface area contributed by atoms with E-state index in [1.807, 2.05) is 37.6 Å². The lowest BCUT2D eigenvalue weighted by atomic mass is 9.80. The number of nitrogens with zero attached hydrogens (tertiary/aromatic N) is 4. The van der Waals surface area contributed by atoms with Gasteiger partial charge in [0.25, 0.3) is 0 Å². The first kappa shape index (κ1) is 18.7. The van der Waals surface area contributed by atoms with Crippen molar-refractivity contribution in [2.45, 2.75) is 82.5 Å². The number of hydrogen-bond acceptors (Lipinski definition) is 6. The first-order valence-corrected chi connectivity index (χ1v) is 10.5. The molecule has 9 heteroatoms. The van der Waals surface area contributed by atoms with Gasteiger partial charge in [0.2, 0.25) is 11.8 Å². The van der Waals surface area contributed by atoms with Crippen molar-refractivity contribution < 1.29 is 18.7 Å². The molecule has 9 nitrogen and oxygen atoms in total. The van der Waals surface area contributed by atoms with Crippen molar-refractivity contribution in [2.75, 3.05) is 13.6 Å². The van der Waals surface area contributed by atoms with E-state index < -0.39 is 11.7 Å². The van der Waals surface area contributed by atoms with Gasteiger partial charge in [-0.15, -0.1) is 10.2 Å². The fourth-order valence-electron chi connectivity index (χ4n) is 5.10. The van der Waals surface area contributed by atoms with Crippen LogP contribution < -0.4 is 5.32 Å². The van der Waals surface area contributed by atoms with E-state index >= 15 is 0 Å². The smallest absolute Gasteiger partial charge is 0.407 e. The van der Waals surface area contributed by atoms with Gasteiger partial charge in [-0.05, 0) is 58.3 Å². The lowest BCUT2D eigenvalue weighted by molar-refractivity contribution is 0.0465. The summed E-state index contributed by atoms with van der Waals surface area (Å²) in [6.45, 7) is 6.29. The van der Waals surface area contributed by atoms with Crippen molar-refractivity contribution in [1.82, 2.24) is 25.3 Å². The van der Waals surface area contributed by atoms with E-state index in [4.69, 9.17) is 9.15 Å². The van der Waals surface area contributed by atoms with Crippen LogP contribution in [0.4, 0.5) is 9.59 Å². The second kappa shape index (κ2) is 6.09. The molecule has 4 aliphatic rings. The number of fused-ring (bicyclic) bond motifs is 3. The maximum atomic E-state index is 12.6. The van der Waals surface area contributed by atoms with Gasteiger partial charge >= 0.3 is 12.1 Å². The van der Waals surface area contributed by atoms with Crippen LogP contribution in [0.3, 0.4) is 0 Å². The van der Waals surface area contributed by atoms with Crippen LogP contribution in [0.15, 0.2) is 4.42 Å². The fourth-order valence-corrected chi connectivity index (χ4v) is 5.10. The van der Waals surface area contributed by atoms with Gasteiger partial charge in [0.1, 0.15) is 11.6 Å². The Hall–Kier alpha value is -2.32. The normalized spacial score (nSPS) is 32.3. The Balaban J connectivity index is 1.21. The highest BCUT2D eigenvalue weighted by atomic mass is 16.6. The maximum Gasteiger partial charge on any atom is 0.407 e. The molecule has 1 aromatic heterocycles. The molecule has 158 valence electrons. The van der Waals surface area contributed by atoms with Crippen LogP contribution in [0.25, 0.3) is 0 Å². The van der Waals surface area contributed by atoms with E-state index in [9.17, 15) is 9.59 Å². The molecule has 2 atom stereocenters. The number of amides is 3. The molecule has 2 aliphatic carbocycles. The minimum Gasteiger partial charge on any atom is -0.444 e. The summed E-state index contributed by atoms with van der Waals surface area (Å²) < 4.78 is 11.3. The van der Waals surface area contributed by atoms with Gasteiger partial charge in [-0.1, -0.05) is 0 Å². The summed E-state index contributed by atoms with van der Waals surface area (Å²) in [4.78, 5) is 28.3. The molecule has 2 saturated carbocycles. The third-order valence-electron chi connectivity index (χ3n) is 6.91. The largest absolute Gasteiger partial charge is 0.444 e. The minimum atomic E-state index is -0.506. The number of rotatable bonds is 3. The van der Waals surface area contributed by atoms with Crippen LogP contribution >= 0.6 is 0 Å². The van der Waals surface area contributed by atoms with E-state index in [-0.39, 0.29) is 29.4 Å². The van der Waals surface area contributed by atoms with Crippen molar-refractivity contribution in [3.8, 4) is 0 Å². The molecule has 1 aromatic rings. The number of hydrogen-bond donors (Lipinski definition) is 1. The summed E-state index contributed by atoms with van der Waals surface area (Å²) in [5.74, 6) is 1.30. The molecule has 1 spiro atoms. The number of nitrogens with one attached hydrogen (secondary N) is 1. The molecule has 0 aromatic carbocycles. The van der Waals surface area contributed by atoms with Crippen molar-refractivity contribution in [2.24, 2.45) is 5.41 Å². The Morgan fingerprint density at radius 2 is 1.93 bits per heavy atom. The zero-order valence-electron chi connectivity index (χ0n) is 17.5.